The van der Waals surface area contributed by atoms with E-state index in [-0.39, 0.29) is 11.3 Å². The Kier molecular flexibility index (Phi) is 2.96. The number of rotatable bonds is 3. The van der Waals surface area contributed by atoms with E-state index in [0.717, 1.165) is 6.07 Å². The minimum atomic E-state index is -4.71. The minimum absolute atomic E-state index is 0.0505. The van der Waals surface area contributed by atoms with E-state index >= 15 is 0 Å². The molecule has 7 heteroatoms. The van der Waals surface area contributed by atoms with Gasteiger partial charge in [0.25, 0.3) is 0 Å². The number of aromatic hydroxyl groups is 1. The molecule has 0 aliphatic heterocycles. The first-order valence-electron chi connectivity index (χ1n) is 3.80. The Morgan fingerprint density at radius 3 is 2.47 bits per heavy atom. The van der Waals surface area contributed by atoms with Gasteiger partial charge >= 0.3 is 10.4 Å². The summed E-state index contributed by atoms with van der Waals surface area (Å²) in [5.74, 6) is -1.14. The summed E-state index contributed by atoms with van der Waals surface area (Å²) in [6.45, 7) is 1.20. The summed E-state index contributed by atoms with van der Waals surface area (Å²) in [7, 11) is -4.71. The van der Waals surface area contributed by atoms with Crippen molar-refractivity contribution in [1.29, 1.82) is 0 Å². The van der Waals surface area contributed by atoms with Gasteiger partial charge in [-0.25, -0.2) is 0 Å². The van der Waals surface area contributed by atoms with Gasteiger partial charge in [-0.05, 0) is 19.1 Å². The van der Waals surface area contributed by atoms with Gasteiger partial charge in [0.05, 0.1) is 5.56 Å². The lowest BCUT2D eigenvalue weighted by molar-refractivity contribution is 0.101. The molecule has 1 rings (SSSR count). The average molecular weight is 232 g/mol. The predicted octanol–water partition coefficient (Wildman–Crippen LogP) is 0.776. The Morgan fingerprint density at radius 2 is 2.00 bits per heavy atom. The lowest BCUT2D eigenvalue weighted by Gasteiger charge is -2.06. The molecule has 0 unspecified atom stereocenters. The standard InChI is InChI=1S/C8H8O6S/c1-5(9)7-3-2-6(10)4-8(7)14-15(11,12)13/h2-4,10H,1H3,(H,11,12,13). The van der Waals surface area contributed by atoms with Crippen molar-refractivity contribution in [1.82, 2.24) is 0 Å². The number of ketones is 1. The van der Waals surface area contributed by atoms with Crippen LogP contribution in [0.15, 0.2) is 18.2 Å². The SMILES string of the molecule is CC(=O)c1ccc(O)cc1OS(=O)(=O)O. The van der Waals surface area contributed by atoms with Gasteiger partial charge in [-0.1, -0.05) is 0 Å². The molecule has 0 saturated carbocycles. The van der Waals surface area contributed by atoms with Crippen LogP contribution in [0.3, 0.4) is 0 Å². The third-order valence-electron chi connectivity index (χ3n) is 1.54. The molecule has 82 valence electrons. The zero-order chi connectivity index (χ0) is 11.6. The monoisotopic (exact) mass is 232 g/mol. The molecule has 0 heterocycles. The molecule has 0 saturated heterocycles. The normalized spacial score (nSPS) is 11.1. The van der Waals surface area contributed by atoms with Crippen molar-refractivity contribution in [2.45, 2.75) is 6.92 Å². The highest BCUT2D eigenvalue weighted by atomic mass is 32.3. The molecule has 1 aromatic rings. The molecule has 0 atom stereocenters. The Hall–Kier alpha value is -1.60. The molecule has 0 amide bonds. The van der Waals surface area contributed by atoms with Gasteiger partial charge in [0.15, 0.2) is 11.5 Å². The summed E-state index contributed by atoms with van der Waals surface area (Å²) >= 11 is 0. The highest BCUT2D eigenvalue weighted by Crippen LogP contribution is 2.25. The summed E-state index contributed by atoms with van der Waals surface area (Å²) in [5.41, 5.74) is -0.0505. The number of hydrogen-bond acceptors (Lipinski definition) is 5. The number of carbonyl (C=O) groups excluding carboxylic acids is 1. The van der Waals surface area contributed by atoms with Crippen LogP contribution in [0.5, 0.6) is 11.5 Å². The van der Waals surface area contributed by atoms with Gasteiger partial charge in [-0.3, -0.25) is 9.35 Å². The minimum Gasteiger partial charge on any atom is -0.508 e. The second kappa shape index (κ2) is 3.87. The van der Waals surface area contributed by atoms with Crippen LogP contribution in [-0.4, -0.2) is 23.9 Å². The van der Waals surface area contributed by atoms with Gasteiger partial charge in [0, 0.05) is 6.07 Å². The Labute approximate surface area is 86.1 Å². The molecule has 0 radical (unpaired) electrons. The molecule has 0 aromatic heterocycles. The smallest absolute Gasteiger partial charge is 0.446 e. The van der Waals surface area contributed by atoms with Crippen LogP contribution in [0.2, 0.25) is 0 Å². The van der Waals surface area contributed by atoms with Crippen molar-refractivity contribution in [2.75, 3.05) is 0 Å². The van der Waals surface area contributed by atoms with E-state index in [9.17, 15) is 13.2 Å². The molecule has 0 aliphatic carbocycles. The van der Waals surface area contributed by atoms with E-state index in [1.54, 1.807) is 0 Å². The van der Waals surface area contributed by atoms with Gasteiger partial charge in [-0.2, -0.15) is 8.42 Å². The molecule has 0 spiro atoms. The van der Waals surface area contributed by atoms with Crippen molar-refractivity contribution >= 4 is 16.2 Å². The third-order valence-corrected chi connectivity index (χ3v) is 1.93. The Morgan fingerprint density at radius 1 is 1.40 bits per heavy atom. The second-order valence-electron chi connectivity index (χ2n) is 2.75. The molecule has 6 nitrogen and oxygen atoms in total. The quantitative estimate of drug-likeness (QED) is 0.589. The van der Waals surface area contributed by atoms with Gasteiger partial charge in [-0.15, -0.1) is 0 Å². The van der Waals surface area contributed by atoms with Gasteiger partial charge in [0.2, 0.25) is 0 Å². The second-order valence-corrected chi connectivity index (χ2v) is 3.77. The van der Waals surface area contributed by atoms with Gasteiger partial charge < -0.3 is 9.29 Å². The third kappa shape index (κ3) is 3.22. The van der Waals surface area contributed by atoms with Crippen LogP contribution >= 0.6 is 0 Å². The molecule has 0 bridgehead atoms. The van der Waals surface area contributed by atoms with Crippen LogP contribution in [0.4, 0.5) is 0 Å². The Balaban J connectivity index is 3.25. The number of phenols is 1. The summed E-state index contributed by atoms with van der Waals surface area (Å²) < 4.78 is 33.4. The maximum absolute atomic E-state index is 11.0. The number of Topliss-reactive ketones (excluding diaryl/α,β-unsaturated/α-hetero) is 1. The van der Waals surface area contributed by atoms with E-state index in [4.69, 9.17) is 9.66 Å². The van der Waals surface area contributed by atoms with Crippen molar-refractivity contribution < 1.29 is 27.1 Å². The molecular formula is C8H8O6S. The topological polar surface area (TPSA) is 101 Å². The zero-order valence-corrected chi connectivity index (χ0v) is 8.48. The maximum atomic E-state index is 11.0. The molecule has 0 fully saturated rings. The van der Waals surface area contributed by atoms with Crippen LogP contribution in [-0.2, 0) is 10.4 Å². The van der Waals surface area contributed by atoms with E-state index < -0.39 is 21.9 Å². The summed E-state index contributed by atoms with van der Waals surface area (Å²) in [6, 6.07) is 3.32. The Bertz CT molecular complexity index is 490. The van der Waals surface area contributed by atoms with E-state index in [1.807, 2.05) is 0 Å². The largest absolute Gasteiger partial charge is 0.508 e. The number of benzene rings is 1. The van der Waals surface area contributed by atoms with Gasteiger partial charge in [0.1, 0.15) is 5.75 Å². The zero-order valence-electron chi connectivity index (χ0n) is 7.67. The fourth-order valence-corrected chi connectivity index (χ4v) is 1.35. The lowest BCUT2D eigenvalue weighted by atomic mass is 10.1. The molecule has 15 heavy (non-hydrogen) atoms. The number of phenolic OH excluding ortho intramolecular Hbond substituents is 1. The molecule has 0 aliphatic rings. The lowest BCUT2D eigenvalue weighted by Crippen LogP contribution is -2.09. The predicted molar refractivity (Wildman–Crippen MR) is 50.3 cm³/mol. The van der Waals surface area contributed by atoms with Crippen LogP contribution < -0.4 is 4.18 Å². The van der Waals surface area contributed by atoms with Crippen molar-refractivity contribution in [3.8, 4) is 11.5 Å². The molecule has 2 N–H and O–H groups in total. The highest BCUT2D eigenvalue weighted by molar-refractivity contribution is 7.81. The summed E-state index contributed by atoms with van der Waals surface area (Å²) in [6.07, 6.45) is 0. The number of carbonyl (C=O) groups is 1. The first-order chi connectivity index (χ1) is 6.79. The van der Waals surface area contributed by atoms with Crippen LogP contribution in [0.25, 0.3) is 0 Å². The van der Waals surface area contributed by atoms with Crippen LogP contribution in [0, 0.1) is 0 Å². The van der Waals surface area contributed by atoms with Crippen molar-refractivity contribution in [3.63, 3.8) is 0 Å². The maximum Gasteiger partial charge on any atom is 0.446 e. The van der Waals surface area contributed by atoms with Crippen molar-refractivity contribution in [3.05, 3.63) is 23.8 Å². The number of hydrogen-bond donors (Lipinski definition) is 2. The van der Waals surface area contributed by atoms with E-state index in [0.29, 0.717) is 0 Å². The van der Waals surface area contributed by atoms with E-state index in [2.05, 4.69) is 4.18 Å². The molecular weight excluding hydrogens is 224 g/mol. The fourth-order valence-electron chi connectivity index (χ4n) is 0.984. The average Bonchev–Trinajstić information content (AvgIpc) is 1.99. The van der Waals surface area contributed by atoms with E-state index in [1.165, 1.54) is 19.1 Å². The molecule has 1 aromatic carbocycles. The first kappa shape index (κ1) is 11.5. The summed E-state index contributed by atoms with van der Waals surface area (Å²) in [4.78, 5) is 11.0. The summed E-state index contributed by atoms with van der Waals surface area (Å²) in [5, 5.41) is 9.05. The van der Waals surface area contributed by atoms with Crippen LogP contribution in [0.1, 0.15) is 17.3 Å². The first-order valence-corrected chi connectivity index (χ1v) is 5.17. The highest BCUT2D eigenvalue weighted by Gasteiger charge is 2.15. The fraction of sp³-hybridized carbons (Fsp3) is 0.125. The van der Waals surface area contributed by atoms with Crippen molar-refractivity contribution in [2.24, 2.45) is 0 Å².